The molecule has 0 aromatic rings. The van der Waals surface area contributed by atoms with Gasteiger partial charge in [-0.1, -0.05) is 82.4 Å². The van der Waals surface area contributed by atoms with Crippen molar-refractivity contribution in [3.8, 4) is 0 Å². The van der Waals surface area contributed by atoms with E-state index in [1.165, 1.54) is 88.8 Å². The molecule has 0 unspecified atom stereocenters. The summed E-state index contributed by atoms with van der Waals surface area (Å²) in [6.45, 7) is 1.65. The van der Waals surface area contributed by atoms with Gasteiger partial charge in [0.05, 0.1) is 0 Å². The second-order valence-corrected chi connectivity index (χ2v) is 7.10. The van der Waals surface area contributed by atoms with Crippen LogP contribution in [0.25, 0.3) is 0 Å². The molecule has 0 bridgehead atoms. The van der Waals surface area contributed by atoms with E-state index >= 15 is 0 Å². The molecule has 0 N–H and O–H groups in total. The normalized spacial score (nSPS) is 10.7. The van der Waals surface area contributed by atoms with Gasteiger partial charge in [-0.3, -0.25) is 9.59 Å². The number of unbranched alkanes of at least 4 members (excludes halogenated alkanes) is 13. The third-order valence-electron chi connectivity index (χ3n) is 3.73. The van der Waals surface area contributed by atoms with Crippen LogP contribution in [0.2, 0.25) is 0 Å². The molecule has 2 nitrogen and oxygen atoms in total. The first-order chi connectivity index (χ1) is 10.3. The summed E-state index contributed by atoms with van der Waals surface area (Å²) in [6.07, 6.45) is 19.4. The Morgan fingerprint density at radius 2 is 1.10 bits per heavy atom. The van der Waals surface area contributed by atoms with Crippen LogP contribution in [0.15, 0.2) is 0 Å². The molecule has 0 rings (SSSR count). The predicted octanol–water partition coefficient (Wildman–Crippen LogP) is 5.84. The van der Waals surface area contributed by atoms with Gasteiger partial charge in [-0.25, -0.2) is 0 Å². The monoisotopic (exact) mass is 313 g/mol. The Morgan fingerprint density at radius 1 is 0.714 bits per heavy atom. The van der Waals surface area contributed by atoms with E-state index in [0.717, 1.165) is 12.2 Å². The van der Waals surface area contributed by atoms with Crippen molar-refractivity contribution in [3.05, 3.63) is 0 Å². The molecule has 0 heterocycles. The molecule has 0 spiro atoms. The summed E-state index contributed by atoms with van der Waals surface area (Å²) >= 11 is 1.46. The highest BCUT2D eigenvalue weighted by Crippen LogP contribution is 2.13. The van der Waals surface area contributed by atoms with Crippen molar-refractivity contribution in [1.29, 1.82) is 0 Å². The first-order valence-electron chi connectivity index (χ1n) is 8.75. The number of carbonyl (C=O) groups excluding carboxylic acids is 2. The number of carbonyl (C=O) groups is 1. The number of hydrogen-bond donors (Lipinski definition) is 0. The van der Waals surface area contributed by atoms with Crippen LogP contribution in [-0.2, 0) is 9.59 Å². The van der Waals surface area contributed by atoms with E-state index in [9.17, 15) is 9.59 Å². The van der Waals surface area contributed by atoms with E-state index < -0.39 is 0 Å². The zero-order chi connectivity index (χ0) is 15.6. The summed E-state index contributed by atoms with van der Waals surface area (Å²) in [5, 5.41) is 0.247. The summed E-state index contributed by atoms with van der Waals surface area (Å²) in [4.78, 5) is 20.8. The number of hydrogen-bond acceptors (Lipinski definition) is 3. The summed E-state index contributed by atoms with van der Waals surface area (Å²) < 4.78 is 0. The molecular weight excluding hydrogens is 280 g/mol. The summed E-state index contributed by atoms with van der Waals surface area (Å²) in [6, 6.07) is 0. The highest BCUT2D eigenvalue weighted by Gasteiger charge is 1.96. The molecule has 123 valence electrons. The van der Waals surface area contributed by atoms with E-state index in [2.05, 4.69) is 0 Å². The van der Waals surface area contributed by atoms with Crippen molar-refractivity contribution in [2.24, 2.45) is 0 Å². The molecule has 0 aliphatic carbocycles. The van der Waals surface area contributed by atoms with Crippen molar-refractivity contribution in [3.63, 3.8) is 0 Å². The first-order valence-corrected chi connectivity index (χ1v) is 9.74. The Hall–Kier alpha value is -0.310. The Kier molecular flexibility index (Phi) is 17.5. The largest absolute Gasteiger partial charge is 0.291 e. The van der Waals surface area contributed by atoms with Crippen molar-refractivity contribution in [2.45, 2.75) is 96.8 Å². The average molecular weight is 314 g/mol. The second kappa shape index (κ2) is 17.7. The molecule has 1 radical (unpaired) electrons. The van der Waals surface area contributed by atoms with Gasteiger partial charge in [-0.05, 0) is 12.8 Å². The molecule has 0 atom stereocenters. The molecular formula is C18H33O2S. The maximum absolute atomic E-state index is 10.7. The Labute approximate surface area is 135 Å². The fourth-order valence-corrected chi connectivity index (χ4v) is 3.10. The van der Waals surface area contributed by atoms with E-state index in [1.807, 2.05) is 6.29 Å². The zero-order valence-electron chi connectivity index (χ0n) is 13.8. The van der Waals surface area contributed by atoms with Gasteiger partial charge in [0.1, 0.15) is 0 Å². The van der Waals surface area contributed by atoms with E-state index in [4.69, 9.17) is 0 Å². The van der Waals surface area contributed by atoms with Crippen LogP contribution in [-0.4, -0.2) is 17.2 Å². The fourth-order valence-electron chi connectivity index (χ4n) is 2.46. The van der Waals surface area contributed by atoms with Crippen molar-refractivity contribution in [1.82, 2.24) is 0 Å². The van der Waals surface area contributed by atoms with Crippen LogP contribution in [0.3, 0.4) is 0 Å². The van der Waals surface area contributed by atoms with Crippen molar-refractivity contribution < 1.29 is 9.59 Å². The van der Waals surface area contributed by atoms with Crippen LogP contribution in [0.1, 0.15) is 96.8 Å². The molecule has 0 saturated carbocycles. The van der Waals surface area contributed by atoms with Gasteiger partial charge >= 0.3 is 0 Å². The smallest absolute Gasteiger partial charge is 0.198 e. The highest BCUT2D eigenvalue weighted by atomic mass is 32.2. The Bertz CT molecular complexity index is 241. The molecule has 0 aromatic heterocycles. The van der Waals surface area contributed by atoms with E-state index in [1.54, 1.807) is 6.92 Å². The first kappa shape index (κ1) is 20.7. The highest BCUT2D eigenvalue weighted by molar-refractivity contribution is 8.13. The molecule has 0 fully saturated rings. The molecule has 0 amide bonds. The van der Waals surface area contributed by atoms with Gasteiger partial charge in [0.2, 0.25) is 0 Å². The molecule has 21 heavy (non-hydrogen) atoms. The van der Waals surface area contributed by atoms with Gasteiger partial charge in [0, 0.05) is 19.1 Å². The lowest BCUT2D eigenvalue weighted by molar-refractivity contribution is -0.109. The van der Waals surface area contributed by atoms with Crippen LogP contribution in [0.5, 0.6) is 0 Å². The SMILES string of the molecule is CC(=O)SCCCCCCCCCCCCCCC[C]=O. The van der Waals surface area contributed by atoms with Crippen LogP contribution >= 0.6 is 11.8 Å². The standard InChI is InChI=1S/C18H33O2S/c1-18(20)21-17-15-13-11-9-7-5-3-2-4-6-8-10-12-14-16-19/h2-15,17H2,1H3. The molecule has 0 aliphatic heterocycles. The van der Waals surface area contributed by atoms with Gasteiger partial charge in [-0.2, -0.15) is 0 Å². The van der Waals surface area contributed by atoms with Gasteiger partial charge in [0.25, 0.3) is 0 Å². The van der Waals surface area contributed by atoms with Crippen LogP contribution < -0.4 is 0 Å². The quantitative estimate of drug-likeness (QED) is 0.336. The summed E-state index contributed by atoms with van der Waals surface area (Å²) in [5.74, 6) is 1.00. The second-order valence-electron chi connectivity index (χ2n) is 5.83. The maximum Gasteiger partial charge on any atom is 0.198 e. The Balaban J connectivity index is 2.96. The third kappa shape index (κ3) is 19.7. The van der Waals surface area contributed by atoms with Crippen molar-refractivity contribution >= 4 is 23.2 Å². The minimum absolute atomic E-state index is 0.247. The number of rotatable bonds is 16. The number of thioether (sulfide) groups is 1. The van der Waals surface area contributed by atoms with Gasteiger partial charge in [0.15, 0.2) is 11.4 Å². The van der Waals surface area contributed by atoms with E-state index in [-0.39, 0.29) is 5.12 Å². The summed E-state index contributed by atoms with van der Waals surface area (Å²) in [5.41, 5.74) is 0. The average Bonchev–Trinajstić information content (AvgIpc) is 2.46. The Morgan fingerprint density at radius 3 is 1.48 bits per heavy atom. The lowest BCUT2D eigenvalue weighted by Crippen LogP contribution is -1.87. The summed E-state index contributed by atoms with van der Waals surface area (Å²) in [7, 11) is 0. The fraction of sp³-hybridized carbons (Fsp3) is 0.889. The van der Waals surface area contributed by atoms with Crippen molar-refractivity contribution in [2.75, 3.05) is 5.75 Å². The molecule has 0 saturated heterocycles. The topological polar surface area (TPSA) is 34.1 Å². The van der Waals surface area contributed by atoms with Crippen LogP contribution in [0, 0.1) is 0 Å². The maximum atomic E-state index is 10.7. The lowest BCUT2D eigenvalue weighted by Gasteiger charge is -2.03. The predicted molar refractivity (Wildman–Crippen MR) is 93.5 cm³/mol. The minimum atomic E-state index is 0.247. The lowest BCUT2D eigenvalue weighted by atomic mass is 10.0. The van der Waals surface area contributed by atoms with E-state index in [0.29, 0.717) is 6.42 Å². The van der Waals surface area contributed by atoms with Gasteiger partial charge in [-0.15, -0.1) is 0 Å². The molecule has 0 aromatic carbocycles. The van der Waals surface area contributed by atoms with Crippen LogP contribution in [0.4, 0.5) is 0 Å². The zero-order valence-corrected chi connectivity index (χ0v) is 14.6. The molecule has 3 heteroatoms. The van der Waals surface area contributed by atoms with Gasteiger partial charge < -0.3 is 0 Å². The third-order valence-corrected chi connectivity index (χ3v) is 4.63. The molecule has 0 aliphatic rings. The minimum Gasteiger partial charge on any atom is -0.291 e.